The number of rotatable bonds is 6. The summed E-state index contributed by atoms with van der Waals surface area (Å²) in [5.41, 5.74) is 2.57. The van der Waals surface area contributed by atoms with E-state index in [1.807, 2.05) is 0 Å². The molecule has 0 saturated carbocycles. The maximum atomic E-state index is 5.92. The van der Waals surface area contributed by atoms with Gasteiger partial charge in [0.15, 0.2) is 5.96 Å². The van der Waals surface area contributed by atoms with Gasteiger partial charge in [-0.15, -0.1) is 0 Å². The van der Waals surface area contributed by atoms with Crippen LogP contribution in [-0.4, -0.2) is 49.7 Å². The highest BCUT2D eigenvalue weighted by atomic mass is 16.5. The van der Waals surface area contributed by atoms with Gasteiger partial charge in [-0.3, -0.25) is 0 Å². The molecule has 2 aliphatic rings. The largest absolute Gasteiger partial charge is 0.373 e. The van der Waals surface area contributed by atoms with Gasteiger partial charge >= 0.3 is 0 Å². The van der Waals surface area contributed by atoms with Gasteiger partial charge in [0.05, 0.1) is 24.8 Å². The highest BCUT2D eigenvalue weighted by molar-refractivity contribution is 5.80. The fourth-order valence-corrected chi connectivity index (χ4v) is 3.57. The van der Waals surface area contributed by atoms with Crippen molar-refractivity contribution in [2.75, 3.05) is 20.6 Å². The van der Waals surface area contributed by atoms with Crippen LogP contribution in [0.2, 0.25) is 0 Å². The zero-order chi connectivity index (χ0) is 16.9. The molecule has 0 spiro atoms. The van der Waals surface area contributed by atoms with Gasteiger partial charge in [0.2, 0.25) is 0 Å². The van der Waals surface area contributed by atoms with Crippen molar-refractivity contribution >= 4 is 5.96 Å². The third-order valence-corrected chi connectivity index (χ3v) is 4.71. The van der Waals surface area contributed by atoms with Crippen LogP contribution in [0.1, 0.15) is 37.3 Å². The summed E-state index contributed by atoms with van der Waals surface area (Å²) in [6.45, 7) is 4.64. The molecular formula is C19H30N4O. The molecule has 3 unspecified atom stereocenters. The monoisotopic (exact) mass is 330 g/mol. The predicted molar refractivity (Wildman–Crippen MR) is 98.1 cm³/mol. The zero-order valence-corrected chi connectivity index (χ0v) is 15.1. The molecule has 0 radical (unpaired) electrons. The molecule has 132 valence electrons. The van der Waals surface area contributed by atoms with Crippen molar-refractivity contribution in [2.24, 2.45) is 4.99 Å². The lowest BCUT2D eigenvalue weighted by molar-refractivity contribution is 0.0992. The Morgan fingerprint density at radius 1 is 1.21 bits per heavy atom. The molecule has 24 heavy (non-hydrogen) atoms. The van der Waals surface area contributed by atoms with Crippen LogP contribution in [0.15, 0.2) is 29.3 Å². The second-order valence-corrected chi connectivity index (χ2v) is 7.11. The summed E-state index contributed by atoms with van der Waals surface area (Å²) in [6, 6.07) is 9.13. The smallest absolute Gasteiger partial charge is 0.191 e. The zero-order valence-electron chi connectivity index (χ0n) is 15.1. The molecule has 0 amide bonds. The van der Waals surface area contributed by atoms with Gasteiger partial charge in [0, 0.05) is 13.1 Å². The number of guanidine groups is 1. The van der Waals surface area contributed by atoms with Crippen molar-refractivity contribution in [1.29, 1.82) is 0 Å². The third-order valence-electron chi connectivity index (χ3n) is 4.71. The van der Waals surface area contributed by atoms with Crippen LogP contribution >= 0.6 is 0 Å². The Hall–Kier alpha value is -1.59. The maximum absolute atomic E-state index is 5.92. The number of benzene rings is 1. The van der Waals surface area contributed by atoms with Gasteiger partial charge in [-0.1, -0.05) is 24.3 Å². The number of fused-ring (bicyclic) bond motifs is 2. The Bertz CT molecular complexity index is 555. The number of hydrogen-bond acceptors (Lipinski definition) is 3. The van der Waals surface area contributed by atoms with Crippen LogP contribution in [-0.2, 0) is 17.8 Å². The summed E-state index contributed by atoms with van der Waals surface area (Å²) < 4.78 is 5.92. The molecule has 5 nitrogen and oxygen atoms in total. The lowest BCUT2D eigenvalue weighted by atomic mass is 9.96. The van der Waals surface area contributed by atoms with E-state index in [1.54, 1.807) is 0 Å². The first kappa shape index (κ1) is 17.2. The van der Waals surface area contributed by atoms with E-state index in [1.165, 1.54) is 24.0 Å². The van der Waals surface area contributed by atoms with Crippen LogP contribution < -0.4 is 10.6 Å². The molecule has 2 bridgehead atoms. The first-order chi connectivity index (χ1) is 11.6. The highest BCUT2D eigenvalue weighted by Gasteiger charge is 2.41. The number of nitrogens with one attached hydrogen (secondary N) is 2. The fourth-order valence-electron chi connectivity index (χ4n) is 3.57. The van der Waals surface area contributed by atoms with Crippen LogP contribution in [0.5, 0.6) is 0 Å². The van der Waals surface area contributed by atoms with Crippen LogP contribution in [0.25, 0.3) is 0 Å². The quantitative estimate of drug-likeness (QED) is 0.620. The second-order valence-electron chi connectivity index (χ2n) is 7.11. The van der Waals surface area contributed by atoms with E-state index in [0.29, 0.717) is 24.8 Å². The van der Waals surface area contributed by atoms with E-state index < -0.39 is 0 Å². The maximum Gasteiger partial charge on any atom is 0.191 e. The molecular weight excluding hydrogens is 300 g/mol. The van der Waals surface area contributed by atoms with Gasteiger partial charge in [0.25, 0.3) is 0 Å². The average Bonchev–Trinajstić information content (AvgIpc) is 3.16. The standard InChI is InChI=1S/C19H30N4O/c1-4-20-19(22-17-11-16-9-10-18(17)24-16)21-12-14-5-7-15(8-6-14)13-23(2)3/h5-8,16-18H,4,9-13H2,1-3H3,(H2,20,21,22). The molecule has 0 aromatic heterocycles. The van der Waals surface area contributed by atoms with Crippen LogP contribution in [0, 0.1) is 0 Å². The highest BCUT2D eigenvalue weighted by Crippen LogP contribution is 2.34. The van der Waals surface area contributed by atoms with Gasteiger partial charge in [0.1, 0.15) is 0 Å². The summed E-state index contributed by atoms with van der Waals surface area (Å²) in [7, 11) is 4.18. The molecule has 2 N–H and O–H groups in total. The van der Waals surface area contributed by atoms with Crippen molar-refractivity contribution in [1.82, 2.24) is 15.5 Å². The first-order valence-electron chi connectivity index (χ1n) is 9.07. The molecule has 0 aliphatic carbocycles. The molecule has 5 heteroatoms. The van der Waals surface area contributed by atoms with Crippen molar-refractivity contribution in [3.05, 3.63) is 35.4 Å². The van der Waals surface area contributed by atoms with Gasteiger partial charge < -0.3 is 20.3 Å². The van der Waals surface area contributed by atoms with Gasteiger partial charge in [-0.25, -0.2) is 4.99 Å². The fraction of sp³-hybridized carbons (Fsp3) is 0.632. The molecule has 1 aromatic carbocycles. The predicted octanol–water partition coefficient (Wildman–Crippen LogP) is 2.12. The van der Waals surface area contributed by atoms with Crippen molar-refractivity contribution in [3.8, 4) is 0 Å². The average molecular weight is 330 g/mol. The number of aliphatic imine (C=N–C) groups is 1. The van der Waals surface area contributed by atoms with Crippen molar-refractivity contribution in [2.45, 2.75) is 57.5 Å². The summed E-state index contributed by atoms with van der Waals surface area (Å²) >= 11 is 0. The second kappa shape index (κ2) is 7.99. The molecule has 1 aromatic rings. The Morgan fingerprint density at radius 3 is 2.54 bits per heavy atom. The van der Waals surface area contributed by atoms with Crippen LogP contribution in [0.4, 0.5) is 0 Å². The molecule has 3 atom stereocenters. The van der Waals surface area contributed by atoms with E-state index in [-0.39, 0.29) is 0 Å². The number of hydrogen-bond donors (Lipinski definition) is 2. The first-order valence-corrected chi connectivity index (χ1v) is 9.07. The molecule has 2 heterocycles. The van der Waals surface area contributed by atoms with Crippen molar-refractivity contribution in [3.63, 3.8) is 0 Å². The SMILES string of the molecule is CCNC(=NCc1ccc(CN(C)C)cc1)NC1CC2CCC1O2. The minimum Gasteiger partial charge on any atom is -0.373 e. The Balaban J connectivity index is 1.57. The molecule has 2 fully saturated rings. The van der Waals surface area contributed by atoms with E-state index in [9.17, 15) is 0 Å². The van der Waals surface area contributed by atoms with E-state index in [0.717, 1.165) is 25.5 Å². The minimum atomic E-state index is 0.365. The summed E-state index contributed by atoms with van der Waals surface area (Å²) in [4.78, 5) is 6.93. The lowest BCUT2D eigenvalue weighted by Crippen LogP contribution is -2.47. The summed E-state index contributed by atoms with van der Waals surface area (Å²) in [5, 5.41) is 6.92. The Morgan fingerprint density at radius 2 is 1.96 bits per heavy atom. The lowest BCUT2D eigenvalue weighted by Gasteiger charge is -2.22. The Kier molecular flexibility index (Phi) is 5.74. The summed E-state index contributed by atoms with van der Waals surface area (Å²) in [6.07, 6.45) is 4.32. The van der Waals surface area contributed by atoms with Crippen LogP contribution in [0.3, 0.4) is 0 Å². The Labute approximate surface area is 145 Å². The minimum absolute atomic E-state index is 0.365. The molecule has 3 rings (SSSR count). The number of ether oxygens (including phenoxy) is 1. The third kappa shape index (κ3) is 4.48. The van der Waals surface area contributed by atoms with E-state index >= 15 is 0 Å². The van der Waals surface area contributed by atoms with E-state index in [2.05, 4.69) is 60.8 Å². The van der Waals surface area contributed by atoms with Gasteiger partial charge in [-0.05, 0) is 51.4 Å². The topological polar surface area (TPSA) is 48.9 Å². The normalized spacial score (nSPS) is 26.2. The van der Waals surface area contributed by atoms with Gasteiger partial charge in [-0.2, -0.15) is 0 Å². The molecule has 2 aliphatic heterocycles. The van der Waals surface area contributed by atoms with Crippen molar-refractivity contribution < 1.29 is 4.74 Å². The number of nitrogens with zero attached hydrogens (tertiary/aromatic N) is 2. The molecule has 2 saturated heterocycles. The van der Waals surface area contributed by atoms with E-state index in [4.69, 9.17) is 9.73 Å². The summed E-state index contributed by atoms with van der Waals surface area (Å²) in [5.74, 6) is 0.899.